The molecule has 118 valence electrons. The lowest BCUT2D eigenvalue weighted by Crippen LogP contribution is -2.17. The molecule has 0 atom stereocenters. The van der Waals surface area contributed by atoms with E-state index in [2.05, 4.69) is 43.0 Å². The number of hydrogen-bond acceptors (Lipinski definition) is 4. The molecule has 1 aromatic carbocycles. The molecule has 2 heterocycles. The Morgan fingerprint density at radius 2 is 1.78 bits per heavy atom. The van der Waals surface area contributed by atoms with Gasteiger partial charge in [-0.05, 0) is 51.3 Å². The van der Waals surface area contributed by atoms with Gasteiger partial charge in [0.05, 0.1) is 11.6 Å². The number of rotatable bonds is 2. The zero-order chi connectivity index (χ0) is 16.7. The second-order valence-corrected chi connectivity index (χ2v) is 7.12. The van der Waals surface area contributed by atoms with Gasteiger partial charge in [0.15, 0.2) is 0 Å². The van der Waals surface area contributed by atoms with Gasteiger partial charge in [-0.1, -0.05) is 17.7 Å². The van der Waals surface area contributed by atoms with Gasteiger partial charge in [0, 0.05) is 10.4 Å². The molecule has 0 saturated heterocycles. The number of aromatic nitrogens is 2. The molecule has 5 heteroatoms. The zero-order valence-electron chi connectivity index (χ0n) is 14.0. The van der Waals surface area contributed by atoms with Crippen LogP contribution >= 0.6 is 11.3 Å². The minimum absolute atomic E-state index is 0.115. The fourth-order valence-corrected chi connectivity index (χ4v) is 3.81. The topological polar surface area (TPSA) is 47.2 Å². The van der Waals surface area contributed by atoms with Crippen LogP contribution in [-0.4, -0.2) is 15.9 Å². The standard InChI is InChI=1S/C18H19N3OS/c1-10-6-11(2)15(12(3)7-10)8-20-21-9-19-17-16(18(21)22)13(4)14(5)23-17/h6-9H,1-5H3/b20-8-. The monoisotopic (exact) mass is 325 g/mol. The van der Waals surface area contributed by atoms with E-state index in [-0.39, 0.29) is 5.56 Å². The van der Waals surface area contributed by atoms with Crippen molar-refractivity contribution in [3.63, 3.8) is 0 Å². The first-order valence-corrected chi connectivity index (χ1v) is 8.29. The largest absolute Gasteiger partial charge is 0.282 e. The normalized spacial score (nSPS) is 11.7. The van der Waals surface area contributed by atoms with Crippen LogP contribution < -0.4 is 5.56 Å². The van der Waals surface area contributed by atoms with E-state index in [9.17, 15) is 4.79 Å². The Hall–Kier alpha value is -2.27. The van der Waals surface area contributed by atoms with Crippen molar-refractivity contribution in [2.75, 3.05) is 0 Å². The summed E-state index contributed by atoms with van der Waals surface area (Å²) >= 11 is 1.55. The van der Waals surface area contributed by atoms with Gasteiger partial charge in [-0.3, -0.25) is 4.79 Å². The van der Waals surface area contributed by atoms with Gasteiger partial charge in [-0.25, -0.2) is 4.98 Å². The molecule has 23 heavy (non-hydrogen) atoms. The Labute approximate surface area is 139 Å². The molecule has 0 unspecified atom stereocenters. The summed E-state index contributed by atoms with van der Waals surface area (Å²) in [5, 5.41) is 5.02. The quantitative estimate of drug-likeness (QED) is 0.671. The molecule has 0 aliphatic rings. The van der Waals surface area contributed by atoms with Crippen molar-refractivity contribution in [3.8, 4) is 0 Å². The first-order chi connectivity index (χ1) is 10.9. The van der Waals surface area contributed by atoms with Gasteiger partial charge in [-0.2, -0.15) is 9.78 Å². The number of hydrogen-bond donors (Lipinski definition) is 0. The average molecular weight is 325 g/mol. The Balaban J connectivity index is 2.11. The predicted octanol–water partition coefficient (Wildman–Crippen LogP) is 3.88. The van der Waals surface area contributed by atoms with E-state index in [0.717, 1.165) is 32.0 Å². The number of benzene rings is 1. The van der Waals surface area contributed by atoms with Crippen molar-refractivity contribution < 1.29 is 0 Å². The third-order valence-corrected chi connectivity index (χ3v) is 5.24. The Morgan fingerprint density at radius 1 is 1.13 bits per heavy atom. The van der Waals surface area contributed by atoms with Gasteiger partial charge < -0.3 is 0 Å². The van der Waals surface area contributed by atoms with Gasteiger partial charge in [0.2, 0.25) is 0 Å². The lowest BCUT2D eigenvalue weighted by molar-refractivity contribution is 0.817. The van der Waals surface area contributed by atoms with Gasteiger partial charge in [-0.15, -0.1) is 11.3 Å². The molecule has 2 aromatic heterocycles. The molecular formula is C18H19N3OS. The van der Waals surface area contributed by atoms with E-state index < -0.39 is 0 Å². The maximum Gasteiger partial charge on any atom is 0.282 e. The van der Waals surface area contributed by atoms with Crippen LogP contribution in [0.25, 0.3) is 10.2 Å². The summed E-state index contributed by atoms with van der Waals surface area (Å²) in [7, 11) is 0. The highest BCUT2D eigenvalue weighted by Crippen LogP contribution is 2.25. The summed E-state index contributed by atoms with van der Waals surface area (Å²) in [5.74, 6) is 0. The van der Waals surface area contributed by atoms with Crippen molar-refractivity contribution in [2.24, 2.45) is 5.10 Å². The van der Waals surface area contributed by atoms with E-state index >= 15 is 0 Å². The lowest BCUT2D eigenvalue weighted by atomic mass is 10.0. The van der Waals surface area contributed by atoms with Gasteiger partial charge >= 0.3 is 0 Å². The van der Waals surface area contributed by atoms with Crippen LogP contribution in [0.3, 0.4) is 0 Å². The Kier molecular flexibility index (Phi) is 3.90. The van der Waals surface area contributed by atoms with Crippen LogP contribution in [-0.2, 0) is 0 Å². The third kappa shape index (κ3) is 2.72. The second-order valence-electron chi connectivity index (χ2n) is 5.91. The summed E-state index contributed by atoms with van der Waals surface area (Å²) in [4.78, 5) is 18.9. The van der Waals surface area contributed by atoms with Gasteiger partial charge in [0.25, 0.3) is 5.56 Å². The van der Waals surface area contributed by atoms with Crippen LogP contribution in [0.2, 0.25) is 0 Å². The maximum atomic E-state index is 12.6. The van der Waals surface area contributed by atoms with E-state index in [1.54, 1.807) is 17.6 Å². The van der Waals surface area contributed by atoms with E-state index in [4.69, 9.17) is 0 Å². The molecule has 0 amide bonds. The molecule has 3 aromatic rings. The predicted molar refractivity (Wildman–Crippen MR) is 97.0 cm³/mol. The van der Waals surface area contributed by atoms with Crippen molar-refractivity contribution in [1.82, 2.24) is 9.66 Å². The summed E-state index contributed by atoms with van der Waals surface area (Å²) in [6.45, 7) is 10.1. The van der Waals surface area contributed by atoms with Crippen molar-refractivity contribution >= 4 is 27.8 Å². The second kappa shape index (κ2) is 5.74. The highest BCUT2D eigenvalue weighted by atomic mass is 32.1. The average Bonchev–Trinajstić information content (AvgIpc) is 2.76. The zero-order valence-corrected chi connectivity index (χ0v) is 14.8. The lowest BCUT2D eigenvalue weighted by Gasteiger charge is -2.06. The third-order valence-electron chi connectivity index (χ3n) is 4.12. The molecule has 0 aliphatic carbocycles. The minimum Gasteiger partial charge on any atom is -0.267 e. The Bertz CT molecular complexity index is 972. The molecular weight excluding hydrogens is 306 g/mol. The van der Waals surface area contributed by atoms with E-state index in [1.165, 1.54) is 16.6 Å². The summed E-state index contributed by atoms with van der Waals surface area (Å²) < 4.78 is 1.32. The molecule has 3 rings (SSSR count). The first-order valence-electron chi connectivity index (χ1n) is 7.48. The van der Waals surface area contributed by atoms with Crippen LogP contribution in [0.4, 0.5) is 0 Å². The van der Waals surface area contributed by atoms with Crippen LogP contribution in [0.5, 0.6) is 0 Å². The summed E-state index contributed by atoms with van der Waals surface area (Å²) in [5.41, 5.74) is 5.44. The first kappa shape index (κ1) is 15.6. The van der Waals surface area contributed by atoms with Crippen molar-refractivity contribution in [2.45, 2.75) is 34.6 Å². The van der Waals surface area contributed by atoms with Gasteiger partial charge in [0.1, 0.15) is 11.2 Å². The molecule has 0 radical (unpaired) electrons. The van der Waals surface area contributed by atoms with Crippen LogP contribution in [0, 0.1) is 34.6 Å². The number of aryl methyl sites for hydroxylation is 5. The fraction of sp³-hybridized carbons (Fsp3) is 0.278. The van der Waals surface area contributed by atoms with Crippen molar-refractivity contribution in [3.05, 3.63) is 61.5 Å². The molecule has 0 spiro atoms. The Morgan fingerprint density at radius 3 is 2.43 bits per heavy atom. The van der Waals surface area contributed by atoms with E-state index in [0.29, 0.717) is 5.39 Å². The summed E-state index contributed by atoms with van der Waals surface area (Å²) in [6.07, 6.45) is 3.24. The highest BCUT2D eigenvalue weighted by molar-refractivity contribution is 7.18. The number of fused-ring (bicyclic) bond motifs is 1. The van der Waals surface area contributed by atoms with E-state index in [1.807, 2.05) is 13.8 Å². The molecule has 0 saturated carbocycles. The summed E-state index contributed by atoms with van der Waals surface area (Å²) in [6, 6.07) is 4.23. The SMILES string of the molecule is Cc1cc(C)c(/C=N\n2cnc3sc(C)c(C)c3c2=O)c(C)c1. The highest BCUT2D eigenvalue weighted by Gasteiger charge is 2.11. The maximum absolute atomic E-state index is 12.6. The molecule has 0 fully saturated rings. The van der Waals surface area contributed by atoms with Crippen molar-refractivity contribution in [1.29, 1.82) is 0 Å². The number of nitrogens with zero attached hydrogens (tertiary/aromatic N) is 3. The minimum atomic E-state index is -0.115. The molecule has 0 N–H and O–H groups in total. The fourth-order valence-electron chi connectivity index (χ4n) is 2.82. The molecule has 0 aliphatic heterocycles. The molecule has 0 bridgehead atoms. The smallest absolute Gasteiger partial charge is 0.267 e. The van der Waals surface area contributed by atoms with Crippen LogP contribution in [0.15, 0.2) is 28.4 Å². The number of thiophene rings is 1. The van der Waals surface area contributed by atoms with Crippen LogP contribution in [0.1, 0.15) is 32.7 Å². The molecule has 4 nitrogen and oxygen atoms in total.